The van der Waals surface area contributed by atoms with Crippen LogP contribution in [-0.2, 0) is 6.42 Å². The third-order valence-electron chi connectivity index (χ3n) is 5.69. The van der Waals surface area contributed by atoms with E-state index in [1.165, 1.54) is 27.9 Å². The van der Waals surface area contributed by atoms with E-state index in [2.05, 4.69) is 140 Å². The molecule has 4 aromatic carbocycles. The van der Waals surface area contributed by atoms with E-state index >= 15 is 0 Å². The lowest BCUT2D eigenvalue weighted by Gasteiger charge is -2.27. The Kier molecular flexibility index (Phi) is 7.56. The summed E-state index contributed by atoms with van der Waals surface area (Å²) >= 11 is 0. The molecule has 0 aliphatic carbocycles. The van der Waals surface area contributed by atoms with E-state index in [9.17, 15) is 0 Å². The Morgan fingerprint density at radius 1 is 0.636 bits per heavy atom. The molecule has 1 heteroatoms. The van der Waals surface area contributed by atoms with E-state index in [-0.39, 0.29) is 0 Å². The van der Waals surface area contributed by atoms with Crippen molar-refractivity contribution in [1.29, 1.82) is 0 Å². The fourth-order valence-electron chi connectivity index (χ4n) is 4.05. The number of hydrogen-bond acceptors (Lipinski definition) is 1. The molecule has 0 N–H and O–H groups in total. The Morgan fingerprint density at radius 2 is 1.21 bits per heavy atom. The molecule has 0 saturated heterocycles. The van der Waals surface area contributed by atoms with Gasteiger partial charge >= 0.3 is 0 Å². The van der Waals surface area contributed by atoms with Crippen LogP contribution in [0.4, 0.5) is 17.1 Å². The summed E-state index contributed by atoms with van der Waals surface area (Å²) in [6.07, 6.45) is 10.7. The second-order valence-electron chi connectivity index (χ2n) is 8.26. The smallest absolute Gasteiger partial charge is 0.0490 e. The summed E-state index contributed by atoms with van der Waals surface area (Å²) in [4.78, 5) is 2.34. The first kappa shape index (κ1) is 22.4. The summed E-state index contributed by atoms with van der Waals surface area (Å²) in [5.41, 5.74) is 8.61. The van der Waals surface area contributed by atoms with Crippen LogP contribution in [-0.4, -0.2) is 0 Å². The molecular weight excluding hydrogens is 398 g/mol. The first-order valence-corrected chi connectivity index (χ1v) is 11.7. The first-order valence-electron chi connectivity index (χ1n) is 11.7. The van der Waals surface area contributed by atoms with Crippen molar-refractivity contribution in [2.75, 3.05) is 4.90 Å². The van der Waals surface area contributed by atoms with Gasteiger partial charge in [-0.2, -0.15) is 0 Å². The van der Waals surface area contributed by atoms with Crippen LogP contribution < -0.4 is 4.90 Å². The van der Waals surface area contributed by atoms with Crippen LogP contribution >= 0.6 is 0 Å². The predicted molar refractivity (Wildman–Crippen MR) is 144 cm³/mol. The highest BCUT2D eigenvalue weighted by molar-refractivity contribution is 5.79. The Morgan fingerprint density at radius 3 is 1.82 bits per heavy atom. The van der Waals surface area contributed by atoms with Crippen molar-refractivity contribution in [1.82, 2.24) is 0 Å². The van der Waals surface area contributed by atoms with Crippen LogP contribution in [0.5, 0.6) is 0 Å². The average Bonchev–Trinajstić information content (AvgIpc) is 2.86. The Balaban J connectivity index is 1.59. The molecule has 0 radical (unpaired) electrons. The van der Waals surface area contributed by atoms with Crippen LogP contribution in [0.25, 0.3) is 12.2 Å². The summed E-state index contributed by atoms with van der Waals surface area (Å²) in [5.74, 6) is 0. The van der Waals surface area contributed by atoms with Crippen molar-refractivity contribution in [2.24, 2.45) is 0 Å². The zero-order valence-electron chi connectivity index (χ0n) is 19.5. The molecule has 1 nitrogen and oxygen atoms in total. The number of benzene rings is 4. The topological polar surface area (TPSA) is 3.24 Å². The van der Waals surface area contributed by atoms with E-state index in [4.69, 9.17) is 0 Å². The van der Waals surface area contributed by atoms with Gasteiger partial charge in [0.1, 0.15) is 0 Å². The number of para-hydroxylation sites is 1. The number of aryl methyl sites for hydroxylation is 2. The zero-order chi connectivity index (χ0) is 22.9. The van der Waals surface area contributed by atoms with Gasteiger partial charge in [-0.15, -0.1) is 0 Å². The molecule has 4 aromatic rings. The van der Waals surface area contributed by atoms with E-state index in [1.54, 1.807) is 0 Å². The number of anilines is 3. The third-order valence-corrected chi connectivity index (χ3v) is 5.69. The lowest BCUT2D eigenvalue weighted by Crippen LogP contribution is -2.11. The monoisotopic (exact) mass is 429 g/mol. The van der Waals surface area contributed by atoms with Gasteiger partial charge in [0.2, 0.25) is 0 Å². The summed E-state index contributed by atoms with van der Waals surface area (Å²) < 4.78 is 0. The summed E-state index contributed by atoms with van der Waals surface area (Å²) in [5, 5.41) is 0. The van der Waals surface area contributed by atoms with Crippen LogP contribution in [0.2, 0.25) is 0 Å². The minimum atomic E-state index is 1.12. The molecule has 0 amide bonds. The van der Waals surface area contributed by atoms with E-state index in [0.29, 0.717) is 0 Å². The summed E-state index contributed by atoms with van der Waals surface area (Å²) in [6, 6.07) is 36.6. The molecule has 0 unspecified atom stereocenters. The van der Waals surface area contributed by atoms with Crippen LogP contribution in [0.1, 0.15) is 35.6 Å². The fourth-order valence-corrected chi connectivity index (χ4v) is 4.05. The standard InChI is InChI=1S/C32H31N/c1-3-12-29-21-24-32(26(2)25-29)33(30-17-8-5-9-18-30)31-22-19-28(20-23-31)16-11-10-15-27-13-6-4-7-14-27/h4-11,13-25H,3,12H2,1-2H3/b15-10+,16-11+. The van der Waals surface area contributed by atoms with Crippen LogP contribution in [0, 0.1) is 6.92 Å². The zero-order valence-corrected chi connectivity index (χ0v) is 19.5. The molecule has 0 fully saturated rings. The van der Waals surface area contributed by atoms with Crippen molar-refractivity contribution >= 4 is 29.2 Å². The predicted octanol–water partition coefficient (Wildman–Crippen LogP) is 9.14. The third kappa shape index (κ3) is 5.90. The van der Waals surface area contributed by atoms with Gasteiger partial charge in [-0.3, -0.25) is 0 Å². The minimum absolute atomic E-state index is 1.12. The number of hydrogen-bond donors (Lipinski definition) is 0. The molecule has 0 aliphatic heterocycles. The maximum atomic E-state index is 2.34. The van der Waals surface area contributed by atoms with Gasteiger partial charge < -0.3 is 4.90 Å². The minimum Gasteiger partial charge on any atom is -0.310 e. The first-order chi connectivity index (χ1) is 16.2. The van der Waals surface area contributed by atoms with E-state index in [0.717, 1.165) is 24.2 Å². The quantitative estimate of drug-likeness (QED) is 0.252. The van der Waals surface area contributed by atoms with Gasteiger partial charge in [-0.1, -0.05) is 110 Å². The summed E-state index contributed by atoms with van der Waals surface area (Å²) in [6.45, 7) is 4.44. The van der Waals surface area contributed by atoms with E-state index in [1.807, 2.05) is 6.07 Å². The molecule has 33 heavy (non-hydrogen) atoms. The van der Waals surface area contributed by atoms with E-state index < -0.39 is 0 Å². The van der Waals surface area contributed by atoms with Crippen molar-refractivity contribution < 1.29 is 0 Å². The maximum absolute atomic E-state index is 2.34. The SMILES string of the molecule is CCCc1ccc(N(c2ccccc2)c2ccc(/C=C/C=C/c3ccccc3)cc2)c(C)c1. The number of allylic oxidation sites excluding steroid dienone is 2. The Bertz CT molecular complexity index is 1200. The van der Waals surface area contributed by atoms with Crippen molar-refractivity contribution in [3.05, 3.63) is 138 Å². The molecule has 0 saturated carbocycles. The lowest BCUT2D eigenvalue weighted by atomic mass is 10.0. The fraction of sp³-hybridized carbons (Fsp3) is 0.125. The highest BCUT2D eigenvalue weighted by atomic mass is 15.1. The van der Waals surface area contributed by atoms with Gasteiger partial charge in [0, 0.05) is 17.1 Å². The van der Waals surface area contributed by atoms with Gasteiger partial charge in [0.05, 0.1) is 0 Å². The molecule has 0 spiro atoms. The molecule has 0 bridgehead atoms. The van der Waals surface area contributed by atoms with Gasteiger partial charge in [-0.05, 0) is 65.9 Å². The molecule has 0 aliphatic rings. The molecular formula is C32H31N. The lowest BCUT2D eigenvalue weighted by molar-refractivity contribution is 0.920. The normalized spacial score (nSPS) is 11.3. The molecule has 164 valence electrons. The average molecular weight is 430 g/mol. The molecule has 0 atom stereocenters. The van der Waals surface area contributed by atoms with Crippen molar-refractivity contribution in [3.8, 4) is 0 Å². The second kappa shape index (κ2) is 11.2. The molecule has 4 rings (SSSR count). The number of rotatable bonds is 8. The van der Waals surface area contributed by atoms with Gasteiger partial charge in [0.15, 0.2) is 0 Å². The van der Waals surface area contributed by atoms with Crippen molar-refractivity contribution in [2.45, 2.75) is 26.7 Å². The maximum Gasteiger partial charge on any atom is 0.0490 e. The second-order valence-corrected chi connectivity index (χ2v) is 8.26. The van der Waals surface area contributed by atoms with Crippen LogP contribution in [0.3, 0.4) is 0 Å². The molecule has 0 aromatic heterocycles. The van der Waals surface area contributed by atoms with Crippen molar-refractivity contribution in [3.63, 3.8) is 0 Å². The highest BCUT2D eigenvalue weighted by Gasteiger charge is 2.14. The number of nitrogens with zero attached hydrogens (tertiary/aromatic N) is 1. The largest absolute Gasteiger partial charge is 0.310 e. The molecule has 0 heterocycles. The van der Waals surface area contributed by atoms with Gasteiger partial charge in [0.25, 0.3) is 0 Å². The van der Waals surface area contributed by atoms with Gasteiger partial charge in [-0.25, -0.2) is 0 Å². The van der Waals surface area contributed by atoms with Crippen LogP contribution in [0.15, 0.2) is 115 Å². The highest BCUT2D eigenvalue weighted by Crippen LogP contribution is 2.36. The summed E-state index contributed by atoms with van der Waals surface area (Å²) in [7, 11) is 0. The Hall–Kier alpha value is -3.84. The Labute approximate surface area is 198 Å².